The van der Waals surface area contributed by atoms with Gasteiger partial charge in [-0.05, 0) is 6.92 Å². The highest BCUT2D eigenvalue weighted by Crippen LogP contribution is 2.00. The topological polar surface area (TPSA) is 53.3 Å². The van der Waals surface area contributed by atoms with Crippen LogP contribution in [0.3, 0.4) is 0 Å². The molecule has 0 aromatic carbocycles. The number of hydrogen-bond acceptors (Lipinski definition) is 4. The minimum absolute atomic E-state index is 0.103. The zero-order valence-electron chi connectivity index (χ0n) is 8.15. The fraction of sp³-hybridized carbons (Fsp3) is 0.556. The Morgan fingerprint density at radius 3 is 2.85 bits per heavy atom. The Morgan fingerprint density at radius 2 is 2.38 bits per heavy atom. The number of ether oxygens (including phenoxy) is 1. The summed E-state index contributed by atoms with van der Waals surface area (Å²) in [6.07, 6.45) is 3.36. The first-order valence-corrected chi connectivity index (χ1v) is 3.96. The summed E-state index contributed by atoms with van der Waals surface area (Å²) in [7, 11) is 3.13. The largest absolute Gasteiger partial charge is 0.466 e. The van der Waals surface area contributed by atoms with E-state index < -0.39 is 5.97 Å². The molecule has 1 atom stereocenters. The number of carbonyl (C=O) groups is 1. The lowest BCUT2D eigenvalue weighted by molar-refractivity contribution is -0.134. The Morgan fingerprint density at radius 1 is 1.77 bits per heavy atom. The van der Waals surface area contributed by atoms with Crippen LogP contribution in [-0.4, -0.2) is 31.1 Å². The second kappa shape index (κ2) is 6.06. The van der Waals surface area contributed by atoms with Crippen molar-refractivity contribution in [2.75, 3.05) is 14.2 Å². The molecule has 0 radical (unpaired) electrons. The summed E-state index contributed by atoms with van der Waals surface area (Å²) in [5.74, 6) is -0.393. The lowest BCUT2D eigenvalue weighted by Gasteiger charge is -2.19. The first-order chi connectivity index (χ1) is 6.11. The molecule has 1 unspecified atom stereocenters. The summed E-state index contributed by atoms with van der Waals surface area (Å²) in [5.41, 5.74) is 0. The average Bonchev–Trinajstić information content (AvgIpc) is 2.13. The number of hydrogen-bond donors (Lipinski definition) is 0. The molecule has 0 spiro atoms. The van der Waals surface area contributed by atoms with Crippen LogP contribution in [0.15, 0.2) is 12.3 Å². The molecule has 4 heteroatoms. The third kappa shape index (κ3) is 4.86. The summed E-state index contributed by atoms with van der Waals surface area (Å²) in [4.78, 5) is 12.5. The first kappa shape index (κ1) is 11.5. The third-order valence-electron chi connectivity index (χ3n) is 1.73. The summed E-state index contributed by atoms with van der Waals surface area (Å²) >= 11 is 0. The lowest BCUT2D eigenvalue weighted by Crippen LogP contribution is -2.23. The molecule has 4 nitrogen and oxygen atoms in total. The van der Waals surface area contributed by atoms with Crippen LogP contribution in [0, 0.1) is 11.3 Å². The van der Waals surface area contributed by atoms with E-state index in [1.807, 2.05) is 6.92 Å². The van der Waals surface area contributed by atoms with Crippen molar-refractivity contribution in [2.45, 2.75) is 19.4 Å². The van der Waals surface area contributed by atoms with E-state index in [0.29, 0.717) is 6.42 Å². The van der Waals surface area contributed by atoms with Gasteiger partial charge in [-0.25, -0.2) is 4.79 Å². The molecule has 0 N–H and O–H groups in total. The Balaban J connectivity index is 3.99. The maximum Gasteiger partial charge on any atom is 0.331 e. The quantitative estimate of drug-likeness (QED) is 0.479. The van der Waals surface area contributed by atoms with Gasteiger partial charge in [-0.15, -0.1) is 0 Å². The normalized spacial score (nSPS) is 12.2. The zero-order valence-corrected chi connectivity index (χ0v) is 8.15. The molecular weight excluding hydrogens is 168 g/mol. The van der Waals surface area contributed by atoms with Crippen LogP contribution in [-0.2, 0) is 9.53 Å². The van der Waals surface area contributed by atoms with Gasteiger partial charge in [0.15, 0.2) is 0 Å². The number of nitrogens with zero attached hydrogens (tertiary/aromatic N) is 2. The molecule has 0 aliphatic rings. The van der Waals surface area contributed by atoms with Gasteiger partial charge in [-0.3, -0.25) is 0 Å². The maximum atomic E-state index is 10.7. The van der Waals surface area contributed by atoms with Crippen molar-refractivity contribution in [2.24, 2.45) is 0 Å². The van der Waals surface area contributed by atoms with Crippen LogP contribution in [0.5, 0.6) is 0 Å². The standard InChI is InChI=1S/C9H14N2O2/c1-8(4-6-10)11(2)7-5-9(12)13-3/h5,7-8H,4H2,1-3H3. The number of nitriles is 1. The van der Waals surface area contributed by atoms with E-state index in [4.69, 9.17) is 5.26 Å². The molecule has 0 bridgehead atoms. The summed E-state index contributed by atoms with van der Waals surface area (Å²) in [6.45, 7) is 1.91. The van der Waals surface area contributed by atoms with Gasteiger partial charge in [0.1, 0.15) is 0 Å². The van der Waals surface area contributed by atoms with Crippen LogP contribution in [0.2, 0.25) is 0 Å². The van der Waals surface area contributed by atoms with Crippen LogP contribution in [0.25, 0.3) is 0 Å². The van der Waals surface area contributed by atoms with Gasteiger partial charge in [-0.1, -0.05) is 0 Å². The molecule has 72 valence electrons. The lowest BCUT2D eigenvalue weighted by atomic mass is 10.2. The van der Waals surface area contributed by atoms with Crippen LogP contribution in [0.1, 0.15) is 13.3 Å². The number of rotatable bonds is 4. The van der Waals surface area contributed by atoms with Crippen molar-refractivity contribution in [3.05, 3.63) is 12.3 Å². The highest BCUT2D eigenvalue weighted by atomic mass is 16.5. The molecule has 0 amide bonds. The molecule has 0 saturated carbocycles. The van der Waals surface area contributed by atoms with E-state index in [-0.39, 0.29) is 6.04 Å². The van der Waals surface area contributed by atoms with Crippen molar-refractivity contribution < 1.29 is 9.53 Å². The third-order valence-corrected chi connectivity index (χ3v) is 1.73. The van der Waals surface area contributed by atoms with Crippen molar-refractivity contribution in [1.29, 1.82) is 5.26 Å². The van der Waals surface area contributed by atoms with Crippen LogP contribution >= 0.6 is 0 Å². The Hall–Kier alpha value is -1.50. The van der Waals surface area contributed by atoms with Crippen molar-refractivity contribution >= 4 is 5.97 Å². The summed E-state index contributed by atoms with van der Waals surface area (Å²) in [6, 6.07) is 2.16. The summed E-state index contributed by atoms with van der Waals surface area (Å²) < 4.78 is 4.42. The maximum absolute atomic E-state index is 10.7. The molecule has 0 aliphatic carbocycles. The van der Waals surface area contributed by atoms with E-state index in [9.17, 15) is 4.79 Å². The van der Waals surface area contributed by atoms with Crippen LogP contribution in [0.4, 0.5) is 0 Å². The SMILES string of the molecule is COC(=O)C=CN(C)C(C)CC#N. The van der Waals surface area contributed by atoms with Gasteiger partial charge in [0, 0.05) is 25.4 Å². The zero-order chi connectivity index (χ0) is 10.3. The van der Waals surface area contributed by atoms with E-state index in [0.717, 1.165) is 0 Å². The second-order valence-corrected chi connectivity index (χ2v) is 2.72. The van der Waals surface area contributed by atoms with E-state index in [1.165, 1.54) is 13.2 Å². The number of esters is 1. The van der Waals surface area contributed by atoms with Gasteiger partial charge in [0.05, 0.1) is 19.6 Å². The molecule has 0 heterocycles. The summed E-state index contributed by atoms with van der Waals surface area (Å²) in [5, 5.41) is 8.42. The monoisotopic (exact) mass is 182 g/mol. The fourth-order valence-corrected chi connectivity index (χ4v) is 0.669. The molecule has 0 aromatic rings. The molecular formula is C9H14N2O2. The van der Waals surface area contributed by atoms with Gasteiger partial charge in [0.2, 0.25) is 0 Å². The highest BCUT2D eigenvalue weighted by molar-refractivity contribution is 5.81. The average molecular weight is 182 g/mol. The van der Waals surface area contributed by atoms with E-state index in [1.54, 1.807) is 18.1 Å². The Kier molecular flexibility index (Phi) is 5.37. The molecule has 0 saturated heterocycles. The van der Waals surface area contributed by atoms with Gasteiger partial charge >= 0.3 is 5.97 Å². The number of carbonyl (C=O) groups excluding carboxylic acids is 1. The molecule has 0 fully saturated rings. The molecule has 0 aliphatic heterocycles. The molecule has 0 rings (SSSR count). The van der Waals surface area contributed by atoms with E-state index >= 15 is 0 Å². The fourth-order valence-electron chi connectivity index (χ4n) is 0.669. The van der Waals surface area contributed by atoms with Gasteiger partial charge < -0.3 is 9.64 Å². The van der Waals surface area contributed by atoms with Crippen molar-refractivity contribution in [1.82, 2.24) is 4.90 Å². The van der Waals surface area contributed by atoms with Gasteiger partial charge in [-0.2, -0.15) is 5.26 Å². The first-order valence-electron chi connectivity index (χ1n) is 3.96. The second-order valence-electron chi connectivity index (χ2n) is 2.72. The van der Waals surface area contributed by atoms with Crippen LogP contribution < -0.4 is 0 Å². The molecule has 13 heavy (non-hydrogen) atoms. The predicted molar refractivity (Wildman–Crippen MR) is 48.6 cm³/mol. The smallest absolute Gasteiger partial charge is 0.331 e. The minimum Gasteiger partial charge on any atom is -0.466 e. The van der Waals surface area contributed by atoms with Crippen molar-refractivity contribution in [3.8, 4) is 6.07 Å². The van der Waals surface area contributed by atoms with Crippen molar-refractivity contribution in [3.63, 3.8) is 0 Å². The number of methoxy groups -OCH3 is 1. The Bertz CT molecular complexity index is 230. The highest BCUT2D eigenvalue weighted by Gasteiger charge is 2.03. The minimum atomic E-state index is -0.393. The van der Waals surface area contributed by atoms with Gasteiger partial charge in [0.25, 0.3) is 0 Å². The predicted octanol–water partition coefficient (Wildman–Crippen LogP) is 0.907. The Labute approximate surface area is 78.4 Å². The molecule has 0 aromatic heterocycles. The van der Waals surface area contributed by atoms with E-state index in [2.05, 4.69) is 10.8 Å².